The predicted octanol–water partition coefficient (Wildman–Crippen LogP) is 4.45. The Morgan fingerprint density at radius 1 is 1.04 bits per heavy atom. The van der Waals surface area contributed by atoms with E-state index in [-0.39, 0.29) is 12.3 Å². The van der Waals surface area contributed by atoms with Crippen molar-refractivity contribution in [1.29, 1.82) is 0 Å². The highest BCUT2D eigenvalue weighted by atomic mass is 19.4. The molecule has 0 atom stereocenters. The second-order valence-corrected chi connectivity index (χ2v) is 5.11. The third kappa shape index (κ3) is 5.02. The van der Waals surface area contributed by atoms with Crippen LogP contribution in [0.15, 0.2) is 48.5 Å². The first kappa shape index (κ1) is 16.9. The first-order valence-electron chi connectivity index (χ1n) is 7.13. The van der Waals surface area contributed by atoms with Crippen molar-refractivity contribution < 1.29 is 18.0 Å². The van der Waals surface area contributed by atoms with Crippen LogP contribution < -0.4 is 10.6 Å². The Morgan fingerprint density at radius 3 is 2.30 bits per heavy atom. The zero-order valence-corrected chi connectivity index (χ0v) is 12.6. The molecule has 2 N–H and O–H groups in total. The molecule has 0 bridgehead atoms. The van der Waals surface area contributed by atoms with Gasteiger partial charge in [0, 0.05) is 24.3 Å². The van der Waals surface area contributed by atoms with Crippen molar-refractivity contribution in [3.05, 3.63) is 59.7 Å². The van der Waals surface area contributed by atoms with Gasteiger partial charge in [-0.05, 0) is 42.8 Å². The average Bonchev–Trinajstić information content (AvgIpc) is 2.49. The predicted molar refractivity (Wildman–Crippen MR) is 84.4 cm³/mol. The Kier molecular flexibility index (Phi) is 5.26. The van der Waals surface area contributed by atoms with Crippen molar-refractivity contribution in [3.8, 4) is 0 Å². The molecule has 23 heavy (non-hydrogen) atoms. The summed E-state index contributed by atoms with van der Waals surface area (Å²) < 4.78 is 37.3. The summed E-state index contributed by atoms with van der Waals surface area (Å²) in [6, 6.07) is 12.2. The summed E-state index contributed by atoms with van der Waals surface area (Å²) in [5, 5.41) is 5.72. The molecule has 0 aromatic heterocycles. The van der Waals surface area contributed by atoms with E-state index in [1.807, 2.05) is 31.2 Å². The second-order valence-electron chi connectivity index (χ2n) is 5.11. The van der Waals surface area contributed by atoms with E-state index in [4.69, 9.17) is 0 Å². The fourth-order valence-electron chi connectivity index (χ4n) is 2.02. The molecule has 0 fully saturated rings. The van der Waals surface area contributed by atoms with E-state index in [9.17, 15) is 18.0 Å². The van der Waals surface area contributed by atoms with Crippen LogP contribution >= 0.6 is 0 Å². The number of alkyl halides is 3. The molecule has 2 aromatic rings. The van der Waals surface area contributed by atoms with E-state index in [1.165, 1.54) is 12.1 Å². The lowest BCUT2D eigenvalue weighted by Gasteiger charge is -2.10. The van der Waals surface area contributed by atoms with E-state index in [0.717, 1.165) is 23.4 Å². The zero-order valence-electron chi connectivity index (χ0n) is 12.6. The quantitative estimate of drug-likeness (QED) is 0.853. The smallest absolute Gasteiger partial charge is 0.385 e. The van der Waals surface area contributed by atoms with E-state index in [0.29, 0.717) is 12.2 Å². The van der Waals surface area contributed by atoms with Crippen LogP contribution in [0.4, 0.5) is 24.5 Å². The number of carbonyl (C=O) groups is 1. The van der Waals surface area contributed by atoms with Crippen LogP contribution in [-0.4, -0.2) is 12.5 Å². The van der Waals surface area contributed by atoms with Crippen LogP contribution in [0, 0.1) is 6.92 Å². The number of para-hydroxylation sites is 1. The van der Waals surface area contributed by atoms with Gasteiger partial charge in [0.15, 0.2) is 0 Å². The lowest BCUT2D eigenvalue weighted by Crippen LogP contribution is -2.16. The molecule has 6 heteroatoms. The van der Waals surface area contributed by atoms with Crippen molar-refractivity contribution in [1.82, 2.24) is 0 Å². The maximum Gasteiger partial charge on any atom is 0.416 e. The van der Waals surface area contributed by atoms with E-state index < -0.39 is 11.7 Å². The lowest BCUT2D eigenvalue weighted by molar-refractivity contribution is -0.137. The highest BCUT2D eigenvalue weighted by Crippen LogP contribution is 2.29. The Labute approximate surface area is 132 Å². The third-order valence-corrected chi connectivity index (χ3v) is 3.31. The van der Waals surface area contributed by atoms with Crippen molar-refractivity contribution in [2.45, 2.75) is 19.5 Å². The topological polar surface area (TPSA) is 41.1 Å². The number of hydrogen-bond donors (Lipinski definition) is 2. The summed E-state index contributed by atoms with van der Waals surface area (Å²) >= 11 is 0. The molecule has 0 saturated carbocycles. The summed E-state index contributed by atoms with van der Waals surface area (Å²) in [6.45, 7) is 2.24. The van der Waals surface area contributed by atoms with Crippen LogP contribution in [-0.2, 0) is 11.0 Å². The van der Waals surface area contributed by atoms with Gasteiger partial charge in [-0.15, -0.1) is 0 Å². The molecule has 3 nitrogen and oxygen atoms in total. The molecule has 0 unspecified atom stereocenters. The molecular weight excluding hydrogens is 305 g/mol. The number of benzene rings is 2. The molecule has 0 saturated heterocycles. The van der Waals surface area contributed by atoms with Gasteiger partial charge in [0.25, 0.3) is 0 Å². The molecule has 2 rings (SSSR count). The Morgan fingerprint density at radius 2 is 1.70 bits per heavy atom. The van der Waals surface area contributed by atoms with Gasteiger partial charge in [-0.25, -0.2) is 0 Å². The summed E-state index contributed by atoms with van der Waals surface area (Å²) in [5.74, 6) is -0.154. The number of carbonyl (C=O) groups excluding carboxylic acids is 1. The van der Waals surface area contributed by atoms with Gasteiger partial charge in [-0.3, -0.25) is 4.79 Å². The maximum atomic E-state index is 12.4. The van der Waals surface area contributed by atoms with Crippen LogP contribution in [0.1, 0.15) is 17.5 Å². The van der Waals surface area contributed by atoms with Gasteiger partial charge >= 0.3 is 6.18 Å². The highest BCUT2D eigenvalue weighted by molar-refractivity contribution is 5.91. The fourth-order valence-corrected chi connectivity index (χ4v) is 2.02. The largest absolute Gasteiger partial charge is 0.416 e. The van der Waals surface area contributed by atoms with Crippen molar-refractivity contribution in [2.24, 2.45) is 0 Å². The van der Waals surface area contributed by atoms with Crippen molar-refractivity contribution in [3.63, 3.8) is 0 Å². The molecule has 0 spiro atoms. The number of anilines is 2. The normalized spacial score (nSPS) is 11.1. The first-order valence-corrected chi connectivity index (χ1v) is 7.13. The van der Waals surface area contributed by atoms with Gasteiger partial charge in [-0.2, -0.15) is 13.2 Å². The molecule has 0 aliphatic carbocycles. The number of aryl methyl sites for hydroxylation is 1. The summed E-state index contributed by atoms with van der Waals surface area (Å²) in [5.41, 5.74) is 1.57. The van der Waals surface area contributed by atoms with E-state index in [1.54, 1.807) is 0 Å². The van der Waals surface area contributed by atoms with Crippen LogP contribution in [0.2, 0.25) is 0 Å². The SMILES string of the molecule is Cc1ccccc1NC(=O)CCNc1ccc(C(F)(F)F)cc1. The average molecular weight is 322 g/mol. The summed E-state index contributed by atoms with van der Waals surface area (Å²) in [7, 11) is 0. The van der Waals surface area contributed by atoms with Crippen LogP contribution in [0.5, 0.6) is 0 Å². The van der Waals surface area contributed by atoms with Crippen molar-refractivity contribution >= 4 is 17.3 Å². The molecule has 1 amide bonds. The van der Waals surface area contributed by atoms with E-state index >= 15 is 0 Å². The molecule has 0 radical (unpaired) electrons. The zero-order chi connectivity index (χ0) is 16.9. The van der Waals surface area contributed by atoms with Gasteiger partial charge in [-0.1, -0.05) is 18.2 Å². The highest BCUT2D eigenvalue weighted by Gasteiger charge is 2.29. The Balaban J connectivity index is 1.81. The molecular formula is C17H17F3N2O. The Hall–Kier alpha value is -2.50. The van der Waals surface area contributed by atoms with Crippen LogP contribution in [0.25, 0.3) is 0 Å². The van der Waals surface area contributed by atoms with E-state index in [2.05, 4.69) is 10.6 Å². The van der Waals surface area contributed by atoms with Crippen molar-refractivity contribution in [2.75, 3.05) is 17.2 Å². The number of amides is 1. The minimum absolute atomic E-state index is 0.154. The Bertz CT molecular complexity index is 666. The molecule has 0 aliphatic rings. The molecule has 2 aromatic carbocycles. The number of hydrogen-bond acceptors (Lipinski definition) is 2. The van der Waals surface area contributed by atoms with Gasteiger partial charge < -0.3 is 10.6 Å². The lowest BCUT2D eigenvalue weighted by atomic mass is 10.2. The number of nitrogens with one attached hydrogen (secondary N) is 2. The van der Waals surface area contributed by atoms with Gasteiger partial charge in [0.1, 0.15) is 0 Å². The van der Waals surface area contributed by atoms with Crippen LogP contribution in [0.3, 0.4) is 0 Å². The molecule has 0 aliphatic heterocycles. The monoisotopic (exact) mass is 322 g/mol. The summed E-state index contributed by atoms with van der Waals surface area (Å²) in [4.78, 5) is 11.8. The third-order valence-electron chi connectivity index (χ3n) is 3.31. The maximum absolute atomic E-state index is 12.4. The minimum Gasteiger partial charge on any atom is -0.385 e. The fraction of sp³-hybridized carbons (Fsp3) is 0.235. The molecule has 0 heterocycles. The standard InChI is InChI=1S/C17H17F3N2O/c1-12-4-2-3-5-15(12)22-16(23)10-11-21-14-8-6-13(7-9-14)17(18,19)20/h2-9,21H,10-11H2,1H3,(H,22,23). The second kappa shape index (κ2) is 7.17. The summed E-state index contributed by atoms with van der Waals surface area (Å²) in [6.07, 6.45) is -4.12. The number of rotatable bonds is 5. The minimum atomic E-state index is -4.34. The van der Waals surface area contributed by atoms with Gasteiger partial charge in [0.2, 0.25) is 5.91 Å². The molecule has 122 valence electrons. The first-order chi connectivity index (χ1) is 10.9. The number of halogens is 3. The van der Waals surface area contributed by atoms with Gasteiger partial charge in [0.05, 0.1) is 5.56 Å².